The number of hydrogen-bond donors (Lipinski definition) is 2. The first-order valence-corrected chi connectivity index (χ1v) is 6.74. The number of aryl methyl sites for hydroxylation is 1. The third-order valence-corrected chi connectivity index (χ3v) is 2.89. The lowest BCUT2D eigenvalue weighted by molar-refractivity contribution is -0.120. The summed E-state index contributed by atoms with van der Waals surface area (Å²) in [7, 11) is 0. The fourth-order valence-electron chi connectivity index (χ4n) is 1.48. The molecule has 1 rings (SSSR count). The highest BCUT2D eigenvalue weighted by molar-refractivity contribution is 6.32. The molecule has 0 unspecified atom stereocenters. The van der Waals surface area contributed by atoms with Gasteiger partial charge in [0.2, 0.25) is 5.91 Å². The van der Waals surface area contributed by atoms with Crippen LogP contribution in [0.2, 0.25) is 5.02 Å². The number of hydrogen-bond acceptors (Lipinski definition) is 4. The summed E-state index contributed by atoms with van der Waals surface area (Å²) in [5, 5.41) is 9.78. The van der Waals surface area contributed by atoms with Crippen molar-refractivity contribution in [3.05, 3.63) is 21.6 Å². The van der Waals surface area contributed by atoms with Crippen LogP contribution in [0.3, 0.4) is 0 Å². The molecule has 1 aromatic rings. The van der Waals surface area contributed by atoms with Crippen LogP contribution in [0.4, 0.5) is 5.69 Å². The van der Waals surface area contributed by atoms with Gasteiger partial charge in [0.25, 0.3) is 5.56 Å². The van der Waals surface area contributed by atoms with Crippen LogP contribution in [0.25, 0.3) is 0 Å². The highest BCUT2D eigenvalue weighted by Gasteiger charge is 2.08. The largest absolute Gasteiger partial charge is 0.382 e. The number of carbonyl (C=O) groups excluding carboxylic acids is 1. The van der Waals surface area contributed by atoms with Gasteiger partial charge in [-0.2, -0.15) is 5.10 Å². The molecule has 1 amide bonds. The van der Waals surface area contributed by atoms with Gasteiger partial charge in [0, 0.05) is 26.1 Å². The molecular formula is C12H19ClN4O2. The number of rotatable bonds is 7. The summed E-state index contributed by atoms with van der Waals surface area (Å²) in [5.41, 5.74) is 0.129. The molecule has 0 saturated heterocycles. The summed E-state index contributed by atoms with van der Waals surface area (Å²) in [6, 6.07) is 0. The molecule has 1 aromatic heterocycles. The van der Waals surface area contributed by atoms with Gasteiger partial charge in [-0.3, -0.25) is 9.59 Å². The average molecular weight is 287 g/mol. The monoisotopic (exact) mass is 286 g/mol. The fourth-order valence-corrected chi connectivity index (χ4v) is 1.69. The van der Waals surface area contributed by atoms with E-state index in [4.69, 9.17) is 11.6 Å². The van der Waals surface area contributed by atoms with Crippen LogP contribution in [0.15, 0.2) is 11.0 Å². The minimum Gasteiger partial charge on any atom is -0.382 e. The zero-order valence-electron chi connectivity index (χ0n) is 11.2. The molecule has 6 nitrogen and oxygen atoms in total. The average Bonchev–Trinajstić information content (AvgIpc) is 2.41. The van der Waals surface area contributed by atoms with E-state index in [0.29, 0.717) is 31.7 Å². The Morgan fingerprint density at radius 3 is 2.79 bits per heavy atom. The third kappa shape index (κ3) is 4.55. The van der Waals surface area contributed by atoms with Gasteiger partial charge in [-0.25, -0.2) is 4.68 Å². The lowest BCUT2D eigenvalue weighted by Crippen LogP contribution is -2.27. The SMILES string of the molecule is CCCNC(=O)CCNc1cnn(CC)c(=O)c1Cl. The first-order valence-electron chi connectivity index (χ1n) is 6.36. The molecule has 0 aromatic carbocycles. The van der Waals surface area contributed by atoms with Crippen molar-refractivity contribution >= 4 is 23.2 Å². The van der Waals surface area contributed by atoms with Gasteiger partial charge in [0.15, 0.2) is 0 Å². The molecule has 19 heavy (non-hydrogen) atoms. The Morgan fingerprint density at radius 1 is 1.42 bits per heavy atom. The predicted octanol–water partition coefficient (Wildman–Crippen LogP) is 1.24. The van der Waals surface area contributed by atoms with Gasteiger partial charge in [-0.05, 0) is 13.3 Å². The molecule has 1 heterocycles. The lowest BCUT2D eigenvalue weighted by Gasteiger charge is -2.09. The molecule has 0 aliphatic carbocycles. The van der Waals surface area contributed by atoms with Crippen LogP contribution in [0.5, 0.6) is 0 Å². The number of halogens is 1. The van der Waals surface area contributed by atoms with E-state index in [2.05, 4.69) is 15.7 Å². The second-order valence-electron chi connectivity index (χ2n) is 4.02. The number of aromatic nitrogens is 2. The van der Waals surface area contributed by atoms with Crippen molar-refractivity contribution < 1.29 is 4.79 Å². The number of nitrogens with one attached hydrogen (secondary N) is 2. The molecule has 0 saturated carbocycles. The second kappa shape index (κ2) is 7.78. The zero-order valence-corrected chi connectivity index (χ0v) is 12.0. The third-order valence-electron chi connectivity index (χ3n) is 2.52. The molecule has 2 N–H and O–H groups in total. The second-order valence-corrected chi connectivity index (χ2v) is 4.40. The fraction of sp³-hybridized carbons (Fsp3) is 0.583. The number of nitrogens with zero attached hydrogens (tertiary/aromatic N) is 2. The molecule has 7 heteroatoms. The molecule has 0 radical (unpaired) electrons. The summed E-state index contributed by atoms with van der Waals surface area (Å²) in [6.45, 7) is 5.36. The summed E-state index contributed by atoms with van der Waals surface area (Å²) < 4.78 is 1.28. The van der Waals surface area contributed by atoms with Crippen molar-refractivity contribution in [2.45, 2.75) is 33.2 Å². The van der Waals surface area contributed by atoms with E-state index in [1.807, 2.05) is 13.8 Å². The number of carbonyl (C=O) groups is 1. The van der Waals surface area contributed by atoms with Crippen LogP contribution in [-0.2, 0) is 11.3 Å². The topological polar surface area (TPSA) is 76.0 Å². The maximum Gasteiger partial charge on any atom is 0.287 e. The van der Waals surface area contributed by atoms with Gasteiger partial charge in [0.05, 0.1) is 11.9 Å². The number of anilines is 1. The number of amides is 1. The van der Waals surface area contributed by atoms with Gasteiger partial charge in [0.1, 0.15) is 5.02 Å². The quantitative estimate of drug-likeness (QED) is 0.791. The van der Waals surface area contributed by atoms with Gasteiger partial charge >= 0.3 is 0 Å². The molecule has 0 spiro atoms. The minimum absolute atomic E-state index is 0.0275. The Hall–Kier alpha value is -1.56. The molecule has 106 valence electrons. The predicted molar refractivity (Wildman–Crippen MR) is 75.6 cm³/mol. The molecule has 0 aliphatic rings. The van der Waals surface area contributed by atoms with Crippen LogP contribution < -0.4 is 16.2 Å². The van der Waals surface area contributed by atoms with Crippen molar-refractivity contribution in [2.24, 2.45) is 0 Å². The smallest absolute Gasteiger partial charge is 0.287 e. The summed E-state index contributed by atoms with van der Waals surface area (Å²) in [4.78, 5) is 23.1. The Balaban J connectivity index is 2.53. The van der Waals surface area contributed by atoms with E-state index < -0.39 is 0 Å². The van der Waals surface area contributed by atoms with Gasteiger partial charge in [-0.15, -0.1) is 0 Å². The Kier molecular flexibility index (Phi) is 6.35. The Labute approximate surface area is 117 Å². The van der Waals surface area contributed by atoms with Crippen LogP contribution >= 0.6 is 11.6 Å². The first-order chi connectivity index (χ1) is 9.10. The van der Waals surface area contributed by atoms with E-state index >= 15 is 0 Å². The van der Waals surface area contributed by atoms with Crippen molar-refractivity contribution in [3.63, 3.8) is 0 Å². The first kappa shape index (κ1) is 15.5. The van der Waals surface area contributed by atoms with Crippen LogP contribution in [-0.4, -0.2) is 28.8 Å². The van der Waals surface area contributed by atoms with Crippen LogP contribution in [0, 0.1) is 0 Å². The van der Waals surface area contributed by atoms with Crippen molar-refractivity contribution in [3.8, 4) is 0 Å². The summed E-state index contributed by atoms with van der Waals surface area (Å²) in [5.74, 6) is -0.0275. The molecule has 0 aliphatic heterocycles. The highest BCUT2D eigenvalue weighted by atomic mass is 35.5. The van der Waals surface area contributed by atoms with Crippen LogP contribution in [0.1, 0.15) is 26.7 Å². The molecule has 0 atom stereocenters. The molecular weight excluding hydrogens is 268 g/mol. The van der Waals surface area contributed by atoms with Gasteiger partial charge < -0.3 is 10.6 Å². The van der Waals surface area contributed by atoms with E-state index in [1.165, 1.54) is 10.9 Å². The maximum atomic E-state index is 11.7. The normalized spacial score (nSPS) is 10.3. The van der Waals surface area contributed by atoms with E-state index in [1.54, 1.807) is 0 Å². The van der Waals surface area contributed by atoms with E-state index in [0.717, 1.165) is 6.42 Å². The van der Waals surface area contributed by atoms with Crippen molar-refractivity contribution in [1.82, 2.24) is 15.1 Å². The molecule has 0 bridgehead atoms. The van der Waals surface area contributed by atoms with E-state index in [9.17, 15) is 9.59 Å². The summed E-state index contributed by atoms with van der Waals surface area (Å²) in [6.07, 6.45) is 2.73. The van der Waals surface area contributed by atoms with Crippen molar-refractivity contribution in [1.29, 1.82) is 0 Å². The molecule has 0 fully saturated rings. The Bertz CT molecular complexity index is 487. The lowest BCUT2D eigenvalue weighted by atomic mass is 10.3. The minimum atomic E-state index is -0.329. The standard InChI is InChI=1S/C12H19ClN4O2/c1-3-6-15-10(18)5-7-14-9-8-16-17(4-2)12(19)11(9)13/h8,14H,3-7H2,1-2H3,(H,15,18). The van der Waals surface area contributed by atoms with Crippen molar-refractivity contribution in [2.75, 3.05) is 18.4 Å². The van der Waals surface area contributed by atoms with Gasteiger partial charge in [-0.1, -0.05) is 18.5 Å². The summed E-state index contributed by atoms with van der Waals surface area (Å²) >= 11 is 5.94. The van der Waals surface area contributed by atoms with E-state index in [-0.39, 0.29) is 16.5 Å². The zero-order chi connectivity index (χ0) is 14.3. The maximum absolute atomic E-state index is 11.7. The Morgan fingerprint density at radius 2 is 2.16 bits per heavy atom. The highest BCUT2D eigenvalue weighted by Crippen LogP contribution is 2.14.